The lowest BCUT2D eigenvalue weighted by atomic mass is 9.78. The topological polar surface area (TPSA) is 94.6 Å². The maximum Gasteiger partial charge on any atom is 0.271 e. The summed E-state index contributed by atoms with van der Waals surface area (Å²) in [5.41, 5.74) is -1.13. The number of nitrogens with one attached hydrogen (secondary N) is 2. The molecule has 7 nitrogen and oxygen atoms in total. The molecule has 2 heterocycles. The standard InChI is InChI=1S/C31H35ClF2N4O3S/c1-29(2,19-5-4-6-20(32)13-19)36-26(39)15-31(17-38(18-31)22-9-11-30(3,41)12-10-22)37-27(40)25-16-42-28(35-25)23-8-7-21(33)14-24(23)34/h4-8,13-14,16,22,41H,9-12,15,17-18H2,1-3H3,(H,36,39)(H,37,40). The molecular formula is C31H35ClF2N4O3S. The van der Waals surface area contributed by atoms with E-state index in [1.165, 1.54) is 11.4 Å². The van der Waals surface area contributed by atoms with E-state index < -0.39 is 34.2 Å². The first kappa shape index (κ1) is 30.5. The normalized spacial score (nSPS) is 22.3. The van der Waals surface area contributed by atoms with E-state index in [4.69, 9.17) is 11.6 Å². The average Bonchev–Trinajstić information content (AvgIpc) is 3.37. The van der Waals surface area contributed by atoms with Crippen molar-refractivity contribution >= 4 is 34.8 Å². The molecule has 2 aliphatic rings. The Balaban J connectivity index is 1.31. The zero-order valence-corrected chi connectivity index (χ0v) is 25.4. The maximum atomic E-state index is 14.3. The fourth-order valence-electron chi connectivity index (χ4n) is 5.93. The van der Waals surface area contributed by atoms with Crippen LogP contribution in [-0.4, -0.2) is 57.1 Å². The molecule has 0 atom stereocenters. The van der Waals surface area contributed by atoms with Crippen molar-refractivity contribution < 1.29 is 23.5 Å². The number of halogens is 3. The van der Waals surface area contributed by atoms with Crippen molar-refractivity contribution in [1.29, 1.82) is 0 Å². The van der Waals surface area contributed by atoms with Gasteiger partial charge in [-0.3, -0.25) is 14.5 Å². The Hall–Kier alpha value is -2.92. The summed E-state index contributed by atoms with van der Waals surface area (Å²) in [6.07, 6.45) is 3.12. The fraction of sp³-hybridized carbons (Fsp3) is 0.452. The number of aliphatic hydroxyl groups is 1. The molecule has 0 unspecified atom stereocenters. The number of carbonyl (C=O) groups is 2. The molecule has 1 aliphatic carbocycles. The van der Waals surface area contributed by atoms with Crippen LogP contribution in [0.3, 0.4) is 0 Å². The first-order chi connectivity index (χ1) is 19.7. The third kappa shape index (κ3) is 6.83. The number of amides is 2. The number of nitrogens with zero attached hydrogens (tertiary/aromatic N) is 2. The van der Waals surface area contributed by atoms with Gasteiger partial charge in [0.1, 0.15) is 22.3 Å². The summed E-state index contributed by atoms with van der Waals surface area (Å²) < 4.78 is 27.7. The van der Waals surface area contributed by atoms with E-state index in [0.717, 1.165) is 41.9 Å². The summed E-state index contributed by atoms with van der Waals surface area (Å²) in [4.78, 5) is 33.4. The molecule has 0 bridgehead atoms. The maximum absolute atomic E-state index is 14.3. The zero-order chi connectivity index (χ0) is 30.3. The fourth-order valence-corrected chi connectivity index (χ4v) is 6.95. The van der Waals surface area contributed by atoms with Crippen LogP contribution in [0.15, 0.2) is 47.8 Å². The SMILES string of the molecule is CC1(O)CCC(N2CC(CC(=O)NC(C)(C)c3cccc(Cl)c3)(NC(=O)c3csc(-c4ccc(F)cc4F)n3)C2)CC1. The van der Waals surface area contributed by atoms with Crippen LogP contribution in [0.2, 0.25) is 5.02 Å². The Kier molecular flexibility index (Phi) is 8.46. The van der Waals surface area contributed by atoms with E-state index in [2.05, 4.69) is 20.5 Å². The van der Waals surface area contributed by atoms with E-state index in [1.54, 1.807) is 6.07 Å². The van der Waals surface area contributed by atoms with Gasteiger partial charge in [-0.1, -0.05) is 23.7 Å². The molecular weight excluding hydrogens is 582 g/mol. The first-order valence-corrected chi connectivity index (χ1v) is 15.3. The predicted molar refractivity (Wildman–Crippen MR) is 159 cm³/mol. The Morgan fingerprint density at radius 2 is 1.88 bits per heavy atom. The van der Waals surface area contributed by atoms with E-state index in [-0.39, 0.29) is 34.6 Å². The van der Waals surface area contributed by atoms with Crippen molar-refractivity contribution in [3.8, 4) is 10.6 Å². The Labute approximate surface area is 253 Å². The van der Waals surface area contributed by atoms with Gasteiger partial charge in [-0.25, -0.2) is 13.8 Å². The summed E-state index contributed by atoms with van der Waals surface area (Å²) in [7, 11) is 0. The highest BCUT2D eigenvalue weighted by atomic mass is 35.5. The second-order valence-corrected chi connectivity index (χ2v) is 13.7. The van der Waals surface area contributed by atoms with E-state index in [1.807, 2.05) is 39.0 Å². The van der Waals surface area contributed by atoms with Gasteiger partial charge in [0, 0.05) is 41.2 Å². The van der Waals surface area contributed by atoms with Gasteiger partial charge in [0.15, 0.2) is 0 Å². The molecule has 2 aromatic carbocycles. The van der Waals surface area contributed by atoms with Gasteiger partial charge in [0.05, 0.1) is 23.1 Å². The molecule has 3 aromatic rings. The molecule has 0 radical (unpaired) electrons. The molecule has 2 amide bonds. The number of hydrogen-bond donors (Lipinski definition) is 3. The summed E-state index contributed by atoms with van der Waals surface area (Å²) in [6.45, 7) is 6.60. The van der Waals surface area contributed by atoms with E-state index in [9.17, 15) is 23.5 Å². The van der Waals surface area contributed by atoms with Crippen LogP contribution in [0.25, 0.3) is 10.6 Å². The lowest BCUT2D eigenvalue weighted by Gasteiger charge is -2.54. The van der Waals surface area contributed by atoms with Crippen LogP contribution in [0, 0.1) is 11.6 Å². The van der Waals surface area contributed by atoms with Crippen molar-refractivity contribution in [2.24, 2.45) is 0 Å². The number of likely N-dealkylation sites (tertiary alicyclic amines) is 1. The van der Waals surface area contributed by atoms with Crippen LogP contribution in [0.5, 0.6) is 0 Å². The van der Waals surface area contributed by atoms with Crippen molar-refractivity contribution in [3.05, 3.63) is 75.8 Å². The quantitative estimate of drug-likeness (QED) is 0.304. The minimum absolute atomic E-state index is 0.0489. The summed E-state index contributed by atoms with van der Waals surface area (Å²) in [6, 6.07) is 10.8. The lowest BCUT2D eigenvalue weighted by Crippen LogP contribution is -2.73. The first-order valence-electron chi connectivity index (χ1n) is 14.0. The lowest BCUT2D eigenvalue weighted by molar-refractivity contribution is -0.127. The van der Waals surface area contributed by atoms with Gasteiger partial charge < -0.3 is 15.7 Å². The molecule has 11 heteroatoms. The molecule has 224 valence electrons. The highest BCUT2D eigenvalue weighted by Crippen LogP contribution is 2.37. The molecule has 3 N–H and O–H groups in total. The van der Waals surface area contributed by atoms with Crippen molar-refractivity contribution in [2.75, 3.05) is 13.1 Å². The van der Waals surface area contributed by atoms with Gasteiger partial charge in [0.25, 0.3) is 5.91 Å². The zero-order valence-electron chi connectivity index (χ0n) is 23.8. The molecule has 1 aromatic heterocycles. The van der Waals surface area contributed by atoms with E-state index >= 15 is 0 Å². The minimum atomic E-state index is -0.837. The van der Waals surface area contributed by atoms with Crippen LogP contribution in [-0.2, 0) is 10.3 Å². The van der Waals surface area contributed by atoms with Gasteiger partial charge in [-0.15, -0.1) is 11.3 Å². The van der Waals surface area contributed by atoms with Crippen LogP contribution >= 0.6 is 22.9 Å². The Morgan fingerprint density at radius 3 is 2.55 bits per heavy atom. The van der Waals surface area contributed by atoms with Crippen LogP contribution < -0.4 is 10.6 Å². The number of benzene rings is 2. The molecule has 5 rings (SSSR count). The van der Waals surface area contributed by atoms with Crippen LogP contribution in [0.4, 0.5) is 8.78 Å². The molecule has 1 saturated heterocycles. The van der Waals surface area contributed by atoms with Gasteiger partial charge in [0.2, 0.25) is 5.91 Å². The number of carbonyl (C=O) groups excluding carboxylic acids is 2. The largest absolute Gasteiger partial charge is 0.390 e. The van der Waals surface area contributed by atoms with Crippen molar-refractivity contribution in [1.82, 2.24) is 20.5 Å². The molecule has 1 saturated carbocycles. The highest BCUT2D eigenvalue weighted by Gasteiger charge is 2.49. The Bertz CT molecular complexity index is 1480. The number of thiazole rings is 1. The summed E-state index contributed by atoms with van der Waals surface area (Å²) in [5.74, 6) is -2.14. The molecule has 2 fully saturated rings. The minimum Gasteiger partial charge on any atom is -0.390 e. The summed E-state index contributed by atoms with van der Waals surface area (Å²) >= 11 is 7.27. The molecule has 42 heavy (non-hydrogen) atoms. The second-order valence-electron chi connectivity index (χ2n) is 12.4. The third-order valence-electron chi connectivity index (χ3n) is 8.33. The number of aromatic nitrogens is 1. The smallest absolute Gasteiger partial charge is 0.271 e. The molecule has 0 spiro atoms. The van der Waals surface area contributed by atoms with Gasteiger partial charge >= 0.3 is 0 Å². The average molecular weight is 617 g/mol. The summed E-state index contributed by atoms with van der Waals surface area (Å²) in [5, 5.41) is 18.9. The van der Waals surface area contributed by atoms with Gasteiger partial charge in [-0.2, -0.15) is 0 Å². The predicted octanol–water partition coefficient (Wildman–Crippen LogP) is 5.66. The number of rotatable bonds is 8. The Morgan fingerprint density at radius 1 is 1.17 bits per heavy atom. The monoisotopic (exact) mass is 616 g/mol. The number of hydrogen-bond acceptors (Lipinski definition) is 6. The second kappa shape index (κ2) is 11.6. The van der Waals surface area contributed by atoms with Crippen LogP contribution in [0.1, 0.15) is 68.9 Å². The van der Waals surface area contributed by atoms with Crippen molar-refractivity contribution in [3.63, 3.8) is 0 Å². The van der Waals surface area contributed by atoms with Gasteiger partial charge in [-0.05, 0) is 76.3 Å². The van der Waals surface area contributed by atoms with E-state index in [0.29, 0.717) is 31.0 Å². The van der Waals surface area contributed by atoms with Crippen molar-refractivity contribution in [2.45, 2.75) is 75.6 Å². The third-order valence-corrected chi connectivity index (χ3v) is 9.45. The highest BCUT2D eigenvalue weighted by molar-refractivity contribution is 7.13. The molecule has 1 aliphatic heterocycles.